The summed E-state index contributed by atoms with van der Waals surface area (Å²) in [7, 11) is 0. The Labute approximate surface area is 64.0 Å². The Hall–Kier alpha value is 0. The van der Waals surface area contributed by atoms with Crippen molar-refractivity contribution in [2.45, 2.75) is 46.0 Å². The van der Waals surface area contributed by atoms with Gasteiger partial charge in [0.15, 0.2) is 0 Å². The summed E-state index contributed by atoms with van der Waals surface area (Å²) in [5.41, 5.74) is 0.898. The van der Waals surface area contributed by atoms with E-state index in [1.165, 1.54) is 18.8 Å². The fourth-order valence-corrected chi connectivity index (χ4v) is 2.56. The van der Waals surface area contributed by atoms with Crippen molar-refractivity contribution in [2.75, 3.05) is 0 Å². The highest BCUT2D eigenvalue weighted by Crippen LogP contribution is 2.66. The summed E-state index contributed by atoms with van der Waals surface area (Å²) in [4.78, 5) is 0. The van der Waals surface area contributed by atoms with Gasteiger partial charge in [0.2, 0.25) is 0 Å². The van der Waals surface area contributed by atoms with Crippen molar-refractivity contribution < 1.29 is 0 Å². The minimum Gasteiger partial charge on any atom is -0.0628 e. The van der Waals surface area contributed by atoms with E-state index in [1.807, 2.05) is 0 Å². The molecule has 0 N–H and O–H groups in total. The van der Waals surface area contributed by atoms with E-state index in [2.05, 4.69) is 13.8 Å². The summed E-state index contributed by atoms with van der Waals surface area (Å²) in [5.74, 6) is 2.10. The summed E-state index contributed by atoms with van der Waals surface area (Å²) in [6.07, 6.45) is 7.74. The standard InChI is InChI=1S/C10H18/c1-8(2)3-4-10-5-9(6-10)7-10/h8-9H,3-7H2,1-2H3. The topological polar surface area (TPSA) is 0 Å². The Morgan fingerprint density at radius 3 is 2.20 bits per heavy atom. The van der Waals surface area contributed by atoms with E-state index < -0.39 is 0 Å². The fourth-order valence-electron chi connectivity index (χ4n) is 2.56. The average Bonchev–Trinajstić information content (AvgIpc) is 1.56. The van der Waals surface area contributed by atoms with Gasteiger partial charge in [-0.3, -0.25) is 0 Å². The van der Waals surface area contributed by atoms with Crippen LogP contribution in [0.15, 0.2) is 0 Å². The monoisotopic (exact) mass is 138 g/mol. The minimum absolute atomic E-state index is 0.898. The maximum absolute atomic E-state index is 2.34. The van der Waals surface area contributed by atoms with Crippen molar-refractivity contribution in [1.29, 1.82) is 0 Å². The Morgan fingerprint density at radius 1 is 1.30 bits per heavy atom. The van der Waals surface area contributed by atoms with Gasteiger partial charge in [0.25, 0.3) is 0 Å². The molecule has 10 heavy (non-hydrogen) atoms. The molecular formula is C10H18. The average molecular weight is 138 g/mol. The summed E-state index contributed by atoms with van der Waals surface area (Å²) >= 11 is 0. The predicted octanol–water partition coefficient (Wildman–Crippen LogP) is 3.22. The summed E-state index contributed by atoms with van der Waals surface area (Å²) in [6.45, 7) is 4.68. The Morgan fingerprint density at radius 2 is 1.90 bits per heavy atom. The van der Waals surface area contributed by atoms with Crippen molar-refractivity contribution in [1.82, 2.24) is 0 Å². The maximum Gasteiger partial charge on any atom is -0.0289 e. The van der Waals surface area contributed by atoms with Gasteiger partial charge in [0, 0.05) is 0 Å². The second kappa shape index (κ2) is 1.99. The molecule has 3 aliphatic rings. The molecule has 2 bridgehead atoms. The van der Waals surface area contributed by atoms with E-state index in [1.54, 1.807) is 19.3 Å². The SMILES string of the molecule is CC(C)CCC12CC(C1)C2. The molecule has 0 heterocycles. The van der Waals surface area contributed by atoms with Gasteiger partial charge >= 0.3 is 0 Å². The van der Waals surface area contributed by atoms with Crippen LogP contribution >= 0.6 is 0 Å². The van der Waals surface area contributed by atoms with E-state index in [-0.39, 0.29) is 0 Å². The van der Waals surface area contributed by atoms with Gasteiger partial charge in [-0.25, -0.2) is 0 Å². The van der Waals surface area contributed by atoms with Gasteiger partial charge in [-0.1, -0.05) is 20.3 Å². The van der Waals surface area contributed by atoms with Crippen molar-refractivity contribution in [2.24, 2.45) is 17.3 Å². The molecule has 3 rings (SSSR count). The smallest absolute Gasteiger partial charge is 0.0289 e. The van der Waals surface area contributed by atoms with Gasteiger partial charge < -0.3 is 0 Å². The highest BCUT2D eigenvalue weighted by Gasteiger charge is 2.55. The molecule has 0 aliphatic heterocycles. The third-order valence-corrected chi connectivity index (χ3v) is 3.42. The lowest BCUT2D eigenvalue weighted by atomic mass is 9.43. The first-order valence-electron chi connectivity index (χ1n) is 4.70. The lowest BCUT2D eigenvalue weighted by molar-refractivity contribution is -0.114. The molecule has 0 radical (unpaired) electrons. The molecule has 0 heteroatoms. The third-order valence-electron chi connectivity index (χ3n) is 3.42. The van der Waals surface area contributed by atoms with Crippen LogP contribution in [0.2, 0.25) is 0 Å². The molecule has 58 valence electrons. The zero-order chi connectivity index (χ0) is 7.19. The number of hydrogen-bond donors (Lipinski definition) is 0. The van der Waals surface area contributed by atoms with Crippen LogP contribution in [0, 0.1) is 17.3 Å². The number of hydrogen-bond acceptors (Lipinski definition) is 0. The molecule has 0 atom stereocenters. The lowest BCUT2D eigenvalue weighted by Gasteiger charge is -2.62. The minimum atomic E-state index is 0.898. The summed E-state index contributed by atoms with van der Waals surface area (Å²) in [6, 6.07) is 0. The van der Waals surface area contributed by atoms with Crippen molar-refractivity contribution in [3.05, 3.63) is 0 Å². The van der Waals surface area contributed by atoms with Gasteiger partial charge in [-0.15, -0.1) is 0 Å². The normalized spacial score (nSPS) is 42.9. The molecule has 0 saturated heterocycles. The van der Waals surface area contributed by atoms with Crippen molar-refractivity contribution in [3.63, 3.8) is 0 Å². The highest BCUT2D eigenvalue weighted by atomic mass is 14.6. The molecule has 0 aromatic carbocycles. The molecule has 3 fully saturated rings. The first-order valence-corrected chi connectivity index (χ1v) is 4.70. The first-order chi connectivity index (χ1) is 4.70. The van der Waals surface area contributed by atoms with Gasteiger partial charge in [-0.05, 0) is 42.9 Å². The van der Waals surface area contributed by atoms with Crippen LogP contribution in [0.4, 0.5) is 0 Å². The van der Waals surface area contributed by atoms with E-state index in [0.29, 0.717) is 0 Å². The molecule has 0 aromatic rings. The van der Waals surface area contributed by atoms with E-state index in [0.717, 1.165) is 11.3 Å². The predicted molar refractivity (Wildman–Crippen MR) is 43.8 cm³/mol. The maximum atomic E-state index is 2.34. The molecule has 0 aromatic heterocycles. The molecule has 0 amide bonds. The van der Waals surface area contributed by atoms with Crippen LogP contribution in [0.3, 0.4) is 0 Å². The van der Waals surface area contributed by atoms with Crippen LogP contribution in [-0.4, -0.2) is 0 Å². The summed E-state index contributed by atoms with van der Waals surface area (Å²) < 4.78 is 0. The molecule has 3 aliphatic carbocycles. The molecule has 0 unspecified atom stereocenters. The quantitative estimate of drug-likeness (QED) is 0.561. The van der Waals surface area contributed by atoms with Crippen LogP contribution in [0.25, 0.3) is 0 Å². The first kappa shape index (κ1) is 6.69. The third kappa shape index (κ3) is 0.889. The largest absolute Gasteiger partial charge is 0.0628 e. The zero-order valence-electron chi connectivity index (χ0n) is 7.19. The second-order valence-electron chi connectivity index (χ2n) is 4.91. The molecule has 0 spiro atoms. The Bertz CT molecular complexity index is 118. The number of rotatable bonds is 3. The lowest BCUT2D eigenvalue weighted by Crippen LogP contribution is -2.51. The highest BCUT2D eigenvalue weighted by molar-refractivity contribution is 5.06. The van der Waals surface area contributed by atoms with Gasteiger partial charge in [0.1, 0.15) is 0 Å². The molecule has 0 nitrogen and oxygen atoms in total. The fraction of sp³-hybridized carbons (Fsp3) is 1.00. The van der Waals surface area contributed by atoms with Crippen LogP contribution in [0.1, 0.15) is 46.0 Å². The van der Waals surface area contributed by atoms with Crippen LogP contribution < -0.4 is 0 Å². The Balaban J connectivity index is 1.71. The summed E-state index contributed by atoms with van der Waals surface area (Å²) in [5, 5.41) is 0. The van der Waals surface area contributed by atoms with E-state index >= 15 is 0 Å². The van der Waals surface area contributed by atoms with Crippen LogP contribution in [-0.2, 0) is 0 Å². The van der Waals surface area contributed by atoms with E-state index in [9.17, 15) is 0 Å². The Kier molecular flexibility index (Phi) is 1.33. The van der Waals surface area contributed by atoms with Crippen molar-refractivity contribution in [3.8, 4) is 0 Å². The zero-order valence-corrected chi connectivity index (χ0v) is 7.19. The molecular weight excluding hydrogens is 120 g/mol. The molecule has 3 saturated carbocycles. The van der Waals surface area contributed by atoms with Crippen molar-refractivity contribution >= 4 is 0 Å². The van der Waals surface area contributed by atoms with E-state index in [4.69, 9.17) is 0 Å². The van der Waals surface area contributed by atoms with Crippen LogP contribution in [0.5, 0.6) is 0 Å². The van der Waals surface area contributed by atoms with Gasteiger partial charge in [0.05, 0.1) is 0 Å². The second-order valence-corrected chi connectivity index (χ2v) is 4.91. The van der Waals surface area contributed by atoms with Gasteiger partial charge in [-0.2, -0.15) is 0 Å².